The smallest absolute Gasteiger partial charge is 0.414 e. The molecule has 1 N–H and O–H groups in total. The number of hydrogen-bond acceptors (Lipinski definition) is 4. The van der Waals surface area contributed by atoms with Gasteiger partial charge in [-0.15, -0.1) is 0 Å². The van der Waals surface area contributed by atoms with E-state index in [0.717, 1.165) is 11.3 Å². The number of likely N-dealkylation sites (N-methyl/N-ethyl adjacent to an activating group) is 1. The third-order valence-electron chi connectivity index (χ3n) is 4.35. The zero-order valence-corrected chi connectivity index (χ0v) is 13.9. The van der Waals surface area contributed by atoms with Crippen molar-refractivity contribution in [1.29, 1.82) is 0 Å². The van der Waals surface area contributed by atoms with E-state index in [1.54, 1.807) is 16.7 Å². The van der Waals surface area contributed by atoms with E-state index in [9.17, 15) is 14.4 Å². The monoisotopic (exact) mass is 331 g/mol. The van der Waals surface area contributed by atoms with E-state index < -0.39 is 6.09 Å². The second kappa shape index (κ2) is 6.51. The molecule has 0 spiro atoms. The highest BCUT2D eigenvalue weighted by molar-refractivity contribution is 6.02. The second-order valence-corrected chi connectivity index (χ2v) is 5.90. The van der Waals surface area contributed by atoms with E-state index in [-0.39, 0.29) is 17.9 Å². The Morgan fingerprint density at radius 1 is 1.33 bits per heavy atom. The molecule has 1 unspecified atom stereocenters. The molecule has 0 saturated carbocycles. The summed E-state index contributed by atoms with van der Waals surface area (Å²) in [5.41, 5.74) is 2.55. The quantitative estimate of drug-likeness (QED) is 0.886. The Bertz CT molecular complexity index is 688. The maximum absolute atomic E-state index is 12.1. The fraction of sp³-hybridized carbons (Fsp3) is 0.471. The van der Waals surface area contributed by atoms with Crippen LogP contribution in [-0.2, 0) is 20.7 Å². The number of nitrogens with one attached hydrogen (secondary N) is 1. The van der Waals surface area contributed by atoms with Gasteiger partial charge in [-0.3, -0.25) is 14.5 Å². The van der Waals surface area contributed by atoms with Crippen molar-refractivity contribution in [2.45, 2.75) is 32.8 Å². The number of cyclic esters (lactones) is 1. The maximum Gasteiger partial charge on any atom is 0.414 e. The zero-order chi connectivity index (χ0) is 17.3. The lowest BCUT2D eigenvalue weighted by molar-refractivity contribution is -0.121. The van der Waals surface area contributed by atoms with Gasteiger partial charge in [-0.1, -0.05) is 6.92 Å². The minimum absolute atomic E-state index is 0.0693. The lowest BCUT2D eigenvalue weighted by Crippen LogP contribution is -2.34. The van der Waals surface area contributed by atoms with Gasteiger partial charge >= 0.3 is 6.09 Å². The number of carbonyl (C=O) groups excluding carboxylic acids is 3. The number of fused-ring (bicyclic) bond motifs is 1. The third-order valence-corrected chi connectivity index (χ3v) is 4.35. The Morgan fingerprint density at radius 3 is 2.83 bits per heavy atom. The van der Waals surface area contributed by atoms with E-state index in [1.807, 2.05) is 25.1 Å². The van der Waals surface area contributed by atoms with Gasteiger partial charge in [0.25, 0.3) is 0 Å². The fourth-order valence-electron chi connectivity index (χ4n) is 3.08. The molecule has 2 aliphatic rings. The van der Waals surface area contributed by atoms with Crippen LogP contribution in [0, 0.1) is 0 Å². The van der Waals surface area contributed by atoms with Crippen molar-refractivity contribution in [1.82, 2.24) is 5.32 Å². The number of ether oxygens (including phenoxy) is 1. The van der Waals surface area contributed by atoms with Crippen LogP contribution in [0.15, 0.2) is 18.2 Å². The number of carbonyl (C=O) groups is 3. The minimum atomic E-state index is -0.428. The summed E-state index contributed by atoms with van der Waals surface area (Å²) in [5.74, 6) is 0.00834. The summed E-state index contributed by atoms with van der Waals surface area (Å²) >= 11 is 0. The number of anilines is 2. The molecule has 2 heterocycles. The zero-order valence-electron chi connectivity index (χ0n) is 13.9. The number of nitrogens with zero attached hydrogens (tertiary/aromatic N) is 2. The molecule has 7 heteroatoms. The largest absolute Gasteiger partial charge is 0.442 e. The van der Waals surface area contributed by atoms with Crippen molar-refractivity contribution < 1.29 is 19.1 Å². The molecule has 0 radical (unpaired) electrons. The highest BCUT2D eigenvalue weighted by Crippen LogP contribution is 2.33. The summed E-state index contributed by atoms with van der Waals surface area (Å²) in [4.78, 5) is 38.7. The summed E-state index contributed by atoms with van der Waals surface area (Å²) in [6, 6.07) is 5.57. The Kier molecular flexibility index (Phi) is 4.42. The Labute approximate surface area is 140 Å². The molecule has 0 bridgehead atoms. The Morgan fingerprint density at radius 2 is 2.12 bits per heavy atom. The molecule has 2 aliphatic heterocycles. The van der Waals surface area contributed by atoms with Crippen LogP contribution in [0.5, 0.6) is 0 Å². The Hall–Kier alpha value is -2.57. The summed E-state index contributed by atoms with van der Waals surface area (Å²) in [5, 5.41) is 2.73. The van der Waals surface area contributed by atoms with Crippen molar-refractivity contribution >= 4 is 29.3 Å². The molecule has 7 nitrogen and oxygen atoms in total. The summed E-state index contributed by atoms with van der Waals surface area (Å²) < 4.78 is 5.30. The van der Waals surface area contributed by atoms with E-state index >= 15 is 0 Å². The summed E-state index contributed by atoms with van der Waals surface area (Å²) in [6.07, 6.45) is -0.0371. The molecule has 24 heavy (non-hydrogen) atoms. The molecular weight excluding hydrogens is 310 g/mol. The maximum atomic E-state index is 12.1. The highest BCUT2D eigenvalue weighted by Gasteiger charge is 2.34. The lowest BCUT2D eigenvalue weighted by Gasteiger charge is -2.17. The van der Waals surface area contributed by atoms with Crippen LogP contribution in [-0.4, -0.2) is 43.6 Å². The van der Waals surface area contributed by atoms with Gasteiger partial charge in [0.15, 0.2) is 0 Å². The number of hydrogen-bond donors (Lipinski definition) is 1. The molecule has 128 valence electrons. The first-order valence-electron chi connectivity index (χ1n) is 8.21. The first-order valence-corrected chi connectivity index (χ1v) is 8.21. The van der Waals surface area contributed by atoms with Crippen LogP contribution < -0.4 is 15.1 Å². The van der Waals surface area contributed by atoms with Crippen molar-refractivity contribution in [2.24, 2.45) is 0 Å². The van der Waals surface area contributed by atoms with Gasteiger partial charge in [0.1, 0.15) is 6.10 Å². The highest BCUT2D eigenvalue weighted by atomic mass is 16.6. The minimum Gasteiger partial charge on any atom is -0.442 e. The van der Waals surface area contributed by atoms with Gasteiger partial charge in [0.2, 0.25) is 11.8 Å². The van der Waals surface area contributed by atoms with Gasteiger partial charge < -0.3 is 15.0 Å². The van der Waals surface area contributed by atoms with Crippen LogP contribution in [0.4, 0.5) is 16.2 Å². The summed E-state index contributed by atoms with van der Waals surface area (Å²) in [6.45, 7) is 5.03. The van der Waals surface area contributed by atoms with Gasteiger partial charge in [0.05, 0.1) is 19.5 Å². The van der Waals surface area contributed by atoms with Crippen LogP contribution in [0.25, 0.3) is 0 Å². The van der Waals surface area contributed by atoms with E-state index in [2.05, 4.69) is 5.32 Å². The van der Waals surface area contributed by atoms with Crippen molar-refractivity contribution in [3.05, 3.63) is 23.8 Å². The molecule has 1 saturated heterocycles. The van der Waals surface area contributed by atoms with Crippen LogP contribution in [0.1, 0.15) is 25.8 Å². The number of amides is 3. The normalized spacial score (nSPS) is 19.5. The molecule has 3 amide bonds. The van der Waals surface area contributed by atoms with E-state index in [1.165, 1.54) is 0 Å². The average Bonchev–Trinajstić information content (AvgIpc) is 3.10. The molecule has 1 aromatic rings. The van der Waals surface area contributed by atoms with Crippen LogP contribution in [0.2, 0.25) is 0 Å². The van der Waals surface area contributed by atoms with Gasteiger partial charge in [-0.05, 0) is 30.7 Å². The van der Waals surface area contributed by atoms with E-state index in [0.29, 0.717) is 38.2 Å². The van der Waals surface area contributed by atoms with Crippen molar-refractivity contribution in [2.75, 3.05) is 29.4 Å². The lowest BCUT2D eigenvalue weighted by atomic mass is 10.1. The molecule has 1 atom stereocenters. The van der Waals surface area contributed by atoms with Gasteiger partial charge in [-0.2, -0.15) is 0 Å². The van der Waals surface area contributed by atoms with Gasteiger partial charge in [0, 0.05) is 24.3 Å². The average molecular weight is 331 g/mol. The molecular formula is C17H21N3O4. The van der Waals surface area contributed by atoms with Crippen molar-refractivity contribution in [3.63, 3.8) is 0 Å². The van der Waals surface area contributed by atoms with Gasteiger partial charge in [-0.25, -0.2) is 4.79 Å². The molecule has 1 fully saturated rings. The first-order chi connectivity index (χ1) is 11.5. The summed E-state index contributed by atoms with van der Waals surface area (Å²) in [7, 11) is 0. The molecule has 0 aliphatic carbocycles. The molecule has 3 rings (SSSR count). The second-order valence-electron chi connectivity index (χ2n) is 5.90. The van der Waals surface area contributed by atoms with Crippen molar-refractivity contribution in [3.8, 4) is 0 Å². The molecule has 1 aromatic carbocycles. The number of rotatable bonds is 5. The standard InChI is InChI=1S/C17H21N3O4/c1-3-15(21)18-9-13-10-20(17(23)24-13)12-5-6-14-11(7-12)8-16(22)19(14)4-2/h5-7,13H,3-4,8-10H2,1-2H3,(H,18,21). The first kappa shape index (κ1) is 16.3. The number of benzene rings is 1. The predicted octanol–water partition coefficient (Wildman–Crippen LogP) is 1.45. The Balaban J connectivity index is 1.71. The SMILES string of the molecule is CCC(=O)NCC1CN(c2ccc3c(c2)CC(=O)N3CC)C(=O)O1. The third kappa shape index (κ3) is 2.93. The fourth-order valence-corrected chi connectivity index (χ4v) is 3.08. The molecule has 0 aromatic heterocycles. The van der Waals surface area contributed by atoms with Crippen LogP contribution >= 0.6 is 0 Å². The van der Waals surface area contributed by atoms with Crippen LogP contribution in [0.3, 0.4) is 0 Å². The van der Waals surface area contributed by atoms with E-state index in [4.69, 9.17) is 4.74 Å². The topological polar surface area (TPSA) is 79.0 Å². The predicted molar refractivity (Wildman–Crippen MR) is 89.1 cm³/mol.